The molecule has 3 rings (SSSR count). The first-order valence-corrected chi connectivity index (χ1v) is 7.63. The van der Waals surface area contributed by atoms with Gasteiger partial charge in [-0.3, -0.25) is 4.79 Å². The molecule has 0 aromatic heterocycles. The fourth-order valence-electron chi connectivity index (χ4n) is 2.64. The molecule has 0 aliphatic heterocycles. The predicted molar refractivity (Wildman–Crippen MR) is 97.3 cm³/mol. The number of amides is 1. The molecule has 0 saturated carbocycles. The van der Waals surface area contributed by atoms with Crippen molar-refractivity contribution in [2.45, 2.75) is 0 Å². The van der Waals surface area contributed by atoms with Gasteiger partial charge in [0.25, 0.3) is 5.91 Å². The van der Waals surface area contributed by atoms with Crippen LogP contribution in [-0.4, -0.2) is 24.9 Å². The van der Waals surface area contributed by atoms with Gasteiger partial charge in [0.2, 0.25) is 0 Å². The summed E-state index contributed by atoms with van der Waals surface area (Å²) < 4.78 is 0. The topological polar surface area (TPSA) is 20.3 Å². The lowest BCUT2D eigenvalue weighted by Crippen LogP contribution is -2.22. The smallest absolute Gasteiger partial charge is 0.254 e. The quantitative estimate of drug-likeness (QED) is 0.641. The van der Waals surface area contributed by atoms with E-state index in [1.54, 1.807) is 19.0 Å². The highest BCUT2D eigenvalue weighted by molar-refractivity contribution is 6.10. The van der Waals surface area contributed by atoms with E-state index in [1.165, 1.54) is 0 Å². The van der Waals surface area contributed by atoms with Crippen LogP contribution < -0.4 is 0 Å². The molecule has 0 atom stereocenters. The molecule has 3 aromatic rings. The second-order valence-electron chi connectivity index (χ2n) is 5.69. The third-order valence-corrected chi connectivity index (χ3v) is 3.84. The van der Waals surface area contributed by atoms with Gasteiger partial charge in [-0.05, 0) is 21.9 Å². The molecule has 0 saturated heterocycles. The summed E-state index contributed by atoms with van der Waals surface area (Å²) in [7, 11) is 3.57. The summed E-state index contributed by atoms with van der Waals surface area (Å²) in [5.74, 6) is 0.0227. The summed E-state index contributed by atoms with van der Waals surface area (Å²) in [5.41, 5.74) is 2.80. The van der Waals surface area contributed by atoms with E-state index in [9.17, 15) is 4.79 Å². The fraction of sp³-hybridized carbons (Fsp3) is 0.0952. The van der Waals surface area contributed by atoms with E-state index in [2.05, 4.69) is 6.07 Å². The zero-order valence-corrected chi connectivity index (χ0v) is 13.4. The Labute approximate surface area is 136 Å². The number of hydrogen-bond donors (Lipinski definition) is 0. The number of carbonyl (C=O) groups is 1. The molecule has 0 unspecified atom stereocenters. The number of fused-ring (bicyclic) bond motifs is 1. The molecule has 0 bridgehead atoms. The first-order chi connectivity index (χ1) is 11.2. The average molecular weight is 301 g/mol. The van der Waals surface area contributed by atoms with Crippen molar-refractivity contribution >= 4 is 28.8 Å². The second-order valence-corrected chi connectivity index (χ2v) is 5.69. The molecule has 0 aliphatic rings. The Kier molecular flexibility index (Phi) is 4.24. The van der Waals surface area contributed by atoms with Crippen molar-refractivity contribution in [3.8, 4) is 0 Å². The molecule has 0 fully saturated rings. The number of hydrogen-bond acceptors (Lipinski definition) is 1. The number of nitrogens with zero attached hydrogens (tertiary/aromatic N) is 1. The predicted octanol–water partition coefficient (Wildman–Crippen LogP) is 4.71. The van der Waals surface area contributed by atoms with Crippen LogP contribution in [0.4, 0.5) is 0 Å². The lowest BCUT2D eigenvalue weighted by Gasteiger charge is -2.15. The van der Waals surface area contributed by atoms with Gasteiger partial charge in [-0.2, -0.15) is 0 Å². The molecular weight excluding hydrogens is 282 g/mol. The van der Waals surface area contributed by atoms with E-state index in [0.29, 0.717) is 0 Å². The SMILES string of the molecule is CN(C)C(=O)c1c(/C=C/c2ccccc2)ccc2ccccc12. The van der Waals surface area contributed by atoms with Gasteiger partial charge in [-0.25, -0.2) is 0 Å². The third-order valence-electron chi connectivity index (χ3n) is 3.84. The molecule has 0 spiro atoms. The molecule has 0 aliphatic carbocycles. The normalized spacial score (nSPS) is 11.0. The third kappa shape index (κ3) is 3.16. The molecule has 0 heterocycles. The standard InChI is InChI=1S/C21H19NO/c1-22(2)21(23)20-18(13-12-16-8-4-3-5-9-16)15-14-17-10-6-7-11-19(17)20/h3-15H,1-2H3/b13-12+. The maximum absolute atomic E-state index is 12.7. The summed E-state index contributed by atoms with van der Waals surface area (Å²) in [6.45, 7) is 0. The van der Waals surface area contributed by atoms with Crippen molar-refractivity contribution in [3.63, 3.8) is 0 Å². The Hall–Kier alpha value is -2.87. The molecule has 23 heavy (non-hydrogen) atoms. The van der Waals surface area contributed by atoms with E-state index >= 15 is 0 Å². The van der Waals surface area contributed by atoms with Gasteiger partial charge in [-0.15, -0.1) is 0 Å². The Morgan fingerprint density at radius 2 is 1.52 bits per heavy atom. The van der Waals surface area contributed by atoms with Crippen LogP contribution in [-0.2, 0) is 0 Å². The Morgan fingerprint density at radius 3 is 2.26 bits per heavy atom. The van der Waals surface area contributed by atoms with Gasteiger partial charge in [0.05, 0.1) is 5.56 Å². The van der Waals surface area contributed by atoms with Crippen molar-refractivity contribution in [2.24, 2.45) is 0 Å². The lowest BCUT2D eigenvalue weighted by atomic mass is 9.97. The van der Waals surface area contributed by atoms with E-state index in [-0.39, 0.29) is 5.91 Å². The van der Waals surface area contributed by atoms with E-state index in [0.717, 1.165) is 27.5 Å². The molecule has 114 valence electrons. The molecule has 2 heteroatoms. The Balaban J connectivity index is 2.14. The zero-order valence-electron chi connectivity index (χ0n) is 13.4. The van der Waals surface area contributed by atoms with Crippen molar-refractivity contribution in [1.29, 1.82) is 0 Å². The van der Waals surface area contributed by atoms with Gasteiger partial charge < -0.3 is 4.90 Å². The number of carbonyl (C=O) groups excluding carboxylic acids is 1. The molecule has 2 nitrogen and oxygen atoms in total. The number of benzene rings is 3. The van der Waals surface area contributed by atoms with Crippen LogP contribution in [0.3, 0.4) is 0 Å². The van der Waals surface area contributed by atoms with Crippen LogP contribution in [0.2, 0.25) is 0 Å². The minimum atomic E-state index is 0.0227. The zero-order chi connectivity index (χ0) is 16.2. The fourth-order valence-corrected chi connectivity index (χ4v) is 2.64. The average Bonchev–Trinajstić information content (AvgIpc) is 2.59. The Morgan fingerprint density at radius 1 is 0.826 bits per heavy atom. The highest BCUT2D eigenvalue weighted by Gasteiger charge is 2.15. The largest absolute Gasteiger partial charge is 0.345 e. The van der Waals surface area contributed by atoms with Gasteiger partial charge in [0.1, 0.15) is 0 Å². The summed E-state index contributed by atoms with van der Waals surface area (Å²) in [4.78, 5) is 14.3. The van der Waals surface area contributed by atoms with Crippen molar-refractivity contribution < 1.29 is 4.79 Å². The van der Waals surface area contributed by atoms with Crippen molar-refractivity contribution in [3.05, 3.63) is 83.4 Å². The Bertz CT molecular complexity index is 863. The maximum Gasteiger partial charge on any atom is 0.254 e. The van der Waals surface area contributed by atoms with Crippen LogP contribution in [0, 0.1) is 0 Å². The maximum atomic E-state index is 12.7. The van der Waals surface area contributed by atoms with Crippen LogP contribution in [0.5, 0.6) is 0 Å². The summed E-state index contributed by atoms with van der Waals surface area (Å²) in [6.07, 6.45) is 4.05. The molecule has 3 aromatic carbocycles. The van der Waals surface area contributed by atoms with Crippen LogP contribution in [0.25, 0.3) is 22.9 Å². The van der Waals surface area contributed by atoms with E-state index in [1.807, 2.05) is 72.8 Å². The van der Waals surface area contributed by atoms with E-state index < -0.39 is 0 Å². The molecular formula is C21H19NO. The molecule has 0 radical (unpaired) electrons. The molecule has 1 amide bonds. The van der Waals surface area contributed by atoms with Gasteiger partial charge in [0.15, 0.2) is 0 Å². The minimum absolute atomic E-state index is 0.0227. The minimum Gasteiger partial charge on any atom is -0.345 e. The summed E-state index contributed by atoms with van der Waals surface area (Å²) >= 11 is 0. The van der Waals surface area contributed by atoms with E-state index in [4.69, 9.17) is 0 Å². The monoisotopic (exact) mass is 301 g/mol. The van der Waals surface area contributed by atoms with Crippen molar-refractivity contribution in [2.75, 3.05) is 14.1 Å². The van der Waals surface area contributed by atoms with Gasteiger partial charge in [0, 0.05) is 14.1 Å². The van der Waals surface area contributed by atoms with Crippen LogP contribution in [0.15, 0.2) is 66.7 Å². The highest BCUT2D eigenvalue weighted by atomic mass is 16.2. The van der Waals surface area contributed by atoms with Gasteiger partial charge >= 0.3 is 0 Å². The highest BCUT2D eigenvalue weighted by Crippen LogP contribution is 2.25. The van der Waals surface area contributed by atoms with Gasteiger partial charge in [-0.1, -0.05) is 78.9 Å². The van der Waals surface area contributed by atoms with Crippen LogP contribution >= 0.6 is 0 Å². The summed E-state index contributed by atoms with van der Waals surface area (Å²) in [5, 5.41) is 2.07. The molecule has 0 N–H and O–H groups in total. The first-order valence-electron chi connectivity index (χ1n) is 7.63. The second kappa shape index (κ2) is 6.49. The number of rotatable bonds is 3. The lowest BCUT2D eigenvalue weighted by molar-refractivity contribution is 0.0829. The van der Waals surface area contributed by atoms with Crippen LogP contribution in [0.1, 0.15) is 21.5 Å². The van der Waals surface area contributed by atoms with Crippen molar-refractivity contribution in [1.82, 2.24) is 4.90 Å². The first kappa shape index (κ1) is 15.0. The summed E-state index contributed by atoms with van der Waals surface area (Å²) in [6, 6.07) is 22.2.